The van der Waals surface area contributed by atoms with E-state index in [1.807, 2.05) is 42.5 Å². The van der Waals surface area contributed by atoms with Crippen LogP contribution < -0.4 is 10.5 Å². The minimum Gasteiger partial charge on any atom is -0.489 e. The van der Waals surface area contributed by atoms with Crippen LogP contribution in [-0.2, 0) is 16.1 Å². The summed E-state index contributed by atoms with van der Waals surface area (Å²) in [5, 5.41) is 0. The predicted molar refractivity (Wildman–Crippen MR) is 80.8 cm³/mol. The first-order chi connectivity index (χ1) is 10.2. The molecule has 0 aliphatic carbocycles. The van der Waals surface area contributed by atoms with Crippen LogP contribution in [0.25, 0.3) is 0 Å². The average Bonchev–Trinajstić information content (AvgIpc) is 2.54. The van der Waals surface area contributed by atoms with Crippen molar-refractivity contribution >= 4 is 5.97 Å². The molecule has 0 aromatic heterocycles. The lowest BCUT2D eigenvalue weighted by Crippen LogP contribution is -2.23. The number of carbonyl (C=O) groups is 1. The first-order valence-corrected chi connectivity index (χ1v) is 6.89. The van der Waals surface area contributed by atoms with Crippen LogP contribution in [0.1, 0.15) is 24.1 Å². The van der Waals surface area contributed by atoms with Gasteiger partial charge in [-0.05, 0) is 30.2 Å². The van der Waals surface area contributed by atoms with Gasteiger partial charge in [-0.25, -0.2) is 4.79 Å². The largest absolute Gasteiger partial charge is 0.489 e. The van der Waals surface area contributed by atoms with E-state index in [9.17, 15) is 4.79 Å². The van der Waals surface area contributed by atoms with E-state index in [0.29, 0.717) is 24.5 Å². The molecule has 0 spiro atoms. The van der Waals surface area contributed by atoms with Crippen molar-refractivity contribution in [3.05, 3.63) is 65.7 Å². The van der Waals surface area contributed by atoms with Crippen molar-refractivity contribution in [2.24, 2.45) is 5.73 Å². The standard InChI is InChI=1S/C17H19NO3/c1-2-20-17(19)16(18)14-9-6-10-15(11-14)21-12-13-7-4-3-5-8-13/h3-11,16H,2,12,18H2,1H3/t16-/m0/s1. The number of nitrogens with two attached hydrogens (primary N) is 1. The average molecular weight is 285 g/mol. The Morgan fingerprint density at radius 2 is 1.90 bits per heavy atom. The van der Waals surface area contributed by atoms with Crippen molar-refractivity contribution in [1.82, 2.24) is 0 Å². The topological polar surface area (TPSA) is 61.5 Å². The van der Waals surface area contributed by atoms with E-state index >= 15 is 0 Å². The molecule has 0 radical (unpaired) electrons. The summed E-state index contributed by atoms with van der Waals surface area (Å²) >= 11 is 0. The van der Waals surface area contributed by atoms with Crippen molar-refractivity contribution < 1.29 is 14.3 Å². The Morgan fingerprint density at radius 3 is 2.62 bits per heavy atom. The van der Waals surface area contributed by atoms with Gasteiger partial charge in [0.05, 0.1) is 6.61 Å². The maximum Gasteiger partial charge on any atom is 0.327 e. The summed E-state index contributed by atoms with van der Waals surface area (Å²) in [7, 11) is 0. The number of carbonyl (C=O) groups excluding carboxylic acids is 1. The third-order valence-corrected chi connectivity index (χ3v) is 3.01. The van der Waals surface area contributed by atoms with E-state index in [-0.39, 0.29) is 0 Å². The summed E-state index contributed by atoms with van der Waals surface area (Å²) < 4.78 is 10.6. The molecule has 2 rings (SSSR count). The summed E-state index contributed by atoms with van der Waals surface area (Å²) in [6.45, 7) is 2.54. The molecule has 0 fully saturated rings. The Bertz CT molecular complexity index is 584. The van der Waals surface area contributed by atoms with Crippen LogP contribution in [0.5, 0.6) is 5.75 Å². The zero-order chi connectivity index (χ0) is 15.1. The monoisotopic (exact) mass is 285 g/mol. The van der Waals surface area contributed by atoms with Crippen molar-refractivity contribution in [2.45, 2.75) is 19.6 Å². The van der Waals surface area contributed by atoms with E-state index in [0.717, 1.165) is 5.56 Å². The van der Waals surface area contributed by atoms with Gasteiger partial charge in [-0.15, -0.1) is 0 Å². The lowest BCUT2D eigenvalue weighted by Gasteiger charge is -2.12. The highest BCUT2D eigenvalue weighted by atomic mass is 16.5. The molecule has 4 nitrogen and oxygen atoms in total. The second kappa shape index (κ2) is 7.45. The van der Waals surface area contributed by atoms with Gasteiger partial charge in [0, 0.05) is 0 Å². The number of hydrogen-bond acceptors (Lipinski definition) is 4. The normalized spacial score (nSPS) is 11.7. The van der Waals surface area contributed by atoms with Crippen molar-refractivity contribution in [2.75, 3.05) is 6.61 Å². The molecule has 2 aromatic rings. The van der Waals surface area contributed by atoms with Crippen LogP contribution in [0.4, 0.5) is 0 Å². The van der Waals surface area contributed by atoms with E-state index < -0.39 is 12.0 Å². The van der Waals surface area contributed by atoms with Crippen LogP contribution >= 0.6 is 0 Å². The Kier molecular flexibility index (Phi) is 5.35. The van der Waals surface area contributed by atoms with Crippen LogP contribution in [-0.4, -0.2) is 12.6 Å². The molecule has 0 saturated carbocycles. The number of esters is 1. The molecule has 0 unspecified atom stereocenters. The SMILES string of the molecule is CCOC(=O)[C@@H](N)c1cccc(OCc2ccccc2)c1. The fourth-order valence-electron chi connectivity index (χ4n) is 1.91. The van der Waals surface area contributed by atoms with Crippen molar-refractivity contribution in [3.8, 4) is 5.75 Å². The molecule has 0 aliphatic heterocycles. The summed E-state index contributed by atoms with van der Waals surface area (Å²) in [4.78, 5) is 11.6. The molecule has 0 heterocycles. The Balaban J connectivity index is 2.02. The third-order valence-electron chi connectivity index (χ3n) is 3.01. The zero-order valence-corrected chi connectivity index (χ0v) is 12.0. The van der Waals surface area contributed by atoms with E-state index in [1.165, 1.54) is 0 Å². The molecule has 0 aliphatic rings. The van der Waals surface area contributed by atoms with Crippen LogP contribution in [0.2, 0.25) is 0 Å². The van der Waals surface area contributed by atoms with E-state index in [1.54, 1.807) is 19.1 Å². The molecule has 2 N–H and O–H groups in total. The predicted octanol–water partition coefficient (Wildman–Crippen LogP) is 2.83. The highest BCUT2D eigenvalue weighted by molar-refractivity contribution is 5.77. The maximum atomic E-state index is 11.6. The second-order valence-corrected chi connectivity index (χ2v) is 4.58. The van der Waals surface area contributed by atoms with Gasteiger partial charge in [-0.3, -0.25) is 0 Å². The number of benzene rings is 2. The van der Waals surface area contributed by atoms with Crippen molar-refractivity contribution in [3.63, 3.8) is 0 Å². The fraction of sp³-hybridized carbons (Fsp3) is 0.235. The van der Waals surface area contributed by atoms with Gasteiger partial charge in [0.15, 0.2) is 0 Å². The molecule has 4 heteroatoms. The van der Waals surface area contributed by atoms with Gasteiger partial charge < -0.3 is 15.2 Å². The highest BCUT2D eigenvalue weighted by Crippen LogP contribution is 2.20. The van der Waals surface area contributed by atoms with Gasteiger partial charge in [-0.1, -0.05) is 42.5 Å². The summed E-state index contributed by atoms with van der Waals surface area (Å²) in [6, 6.07) is 16.3. The third kappa shape index (κ3) is 4.33. The molecule has 1 atom stereocenters. The van der Waals surface area contributed by atoms with Crippen molar-refractivity contribution in [1.29, 1.82) is 0 Å². The Morgan fingerprint density at radius 1 is 1.14 bits per heavy atom. The quantitative estimate of drug-likeness (QED) is 0.829. The number of hydrogen-bond donors (Lipinski definition) is 1. The summed E-state index contributed by atoms with van der Waals surface area (Å²) in [6.07, 6.45) is 0. The Labute approximate surface area is 124 Å². The zero-order valence-electron chi connectivity index (χ0n) is 12.0. The molecule has 0 amide bonds. The number of rotatable bonds is 6. The summed E-state index contributed by atoms with van der Waals surface area (Å²) in [5.74, 6) is 0.244. The number of ether oxygens (including phenoxy) is 2. The maximum absolute atomic E-state index is 11.6. The molecule has 0 bridgehead atoms. The van der Waals surface area contributed by atoms with Gasteiger partial charge in [0.1, 0.15) is 18.4 Å². The van der Waals surface area contributed by atoms with Crippen LogP contribution in [0, 0.1) is 0 Å². The molecular formula is C17H19NO3. The fourth-order valence-corrected chi connectivity index (χ4v) is 1.91. The van der Waals surface area contributed by atoms with Gasteiger partial charge in [0.25, 0.3) is 0 Å². The lowest BCUT2D eigenvalue weighted by molar-refractivity contribution is -0.144. The minimum absolute atomic E-state index is 0.316. The molecule has 110 valence electrons. The lowest BCUT2D eigenvalue weighted by atomic mass is 10.1. The second-order valence-electron chi connectivity index (χ2n) is 4.58. The van der Waals surface area contributed by atoms with E-state index in [4.69, 9.17) is 15.2 Å². The summed E-state index contributed by atoms with van der Waals surface area (Å²) in [5.41, 5.74) is 7.63. The Hall–Kier alpha value is -2.33. The van der Waals surface area contributed by atoms with Gasteiger partial charge >= 0.3 is 5.97 Å². The van der Waals surface area contributed by atoms with E-state index in [2.05, 4.69) is 0 Å². The molecule has 0 saturated heterocycles. The van der Waals surface area contributed by atoms with Gasteiger partial charge in [-0.2, -0.15) is 0 Å². The van der Waals surface area contributed by atoms with Crippen LogP contribution in [0.15, 0.2) is 54.6 Å². The molecule has 2 aromatic carbocycles. The molecular weight excluding hydrogens is 266 g/mol. The van der Waals surface area contributed by atoms with Gasteiger partial charge in [0.2, 0.25) is 0 Å². The molecule has 21 heavy (non-hydrogen) atoms. The smallest absolute Gasteiger partial charge is 0.327 e. The first kappa shape index (κ1) is 15.1. The minimum atomic E-state index is -0.787. The first-order valence-electron chi connectivity index (χ1n) is 6.89. The highest BCUT2D eigenvalue weighted by Gasteiger charge is 2.17. The van der Waals surface area contributed by atoms with Crippen LogP contribution in [0.3, 0.4) is 0 Å².